The minimum absolute atomic E-state index is 0.0395. The molecule has 1 fully saturated rings. The zero-order valence-electron chi connectivity index (χ0n) is 19.9. The van der Waals surface area contributed by atoms with Crippen LogP contribution < -0.4 is 25.8 Å². The van der Waals surface area contributed by atoms with Crippen LogP contribution in [0.3, 0.4) is 0 Å². The van der Waals surface area contributed by atoms with Crippen molar-refractivity contribution in [2.45, 2.75) is 0 Å². The van der Waals surface area contributed by atoms with Crippen molar-refractivity contribution in [2.75, 3.05) is 69.1 Å². The van der Waals surface area contributed by atoms with Gasteiger partial charge in [-0.15, -0.1) is 0 Å². The van der Waals surface area contributed by atoms with E-state index in [1.54, 1.807) is 31.6 Å². The summed E-state index contributed by atoms with van der Waals surface area (Å²) >= 11 is 0. The Morgan fingerprint density at radius 1 is 1.06 bits per heavy atom. The SMILES string of the molecule is COCCOc1ccncc1Nc1cc[nH]c(=O)c1C(=O)Nc1ccc(N2CCN(C)CC2)cc1. The number of H-pyrrole nitrogens is 1. The Morgan fingerprint density at radius 2 is 1.83 bits per heavy atom. The topological polar surface area (TPSA) is 112 Å². The van der Waals surface area contributed by atoms with Crippen molar-refractivity contribution in [1.82, 2.24) is 14.9 Å². The van der Waals surface area contributed by atoms with Gasteiger partial charge in [0.25, 0.3) is 11.5 Å². The molecule has 0 unspecified atom stereocenters. The number of hydrogen-bond acceptors (Lipinski definition) is 8. The Bertz CT molecular complexity index is 1190. The van der Waals surface area contributed by atoms with Crippen LogP contribution in [0.4, 0.5) is 22.7 Å². The summed E-state index contributed by atoms with van der Waals surface area (Å²) < 4.78 is 10.7. The van der Waals surface area contributed by atoms with Gasteiger partial charge in [-0.2, -0.15) is 0 Å². The molecule has 2 aromatic heterocycles. The number of nitrogens with one attached hydrogen (secondary N) is 3. The molecule has 1 aromatic carbocycles. The lowest BCUT2D eigenvalue weighted by molar-refractivity contribution is 0.102. The van der Waals surface area contributed by atoms with Crippen molar-refractivity contribution in [3.05, 3.63) is 70.9 Å². The van der Waals surface area contributed by atoms with Crippen LogP contribution in [0.5, 0.6) is 5.75 Å². The highest BCUT2D eigenvalue weighted by molar-refractivity contribution is 6.08. The van der Waals surface area contributed by atoms with Gasteiger partial charge in [0, 0.05) is 63.1 Å². The van der Waals surface area contributed by atoms with E-state index < -0.39 is 11.5 Å². The summed E-state index contributed by atoms with van der Waals surface area (Å²) in [5.41, 5.74) is 2.03. The summed E-state index contributed by atoms with van der Waals surface area (Å²) in [6.07, 6.45) is 4.65. The van der Waals surface area contributed by atoms with Crippen molar-refractivity contribution in [3.8, 4) is 5.75 Å². The Morgan fingerprint density at radius 3 is 2.57 bits per heavy atom. The highest BCUT2D eigenvalue weighted by Gasteiger charge is 2.19. The van der Waals surface area contributed by atoms with Gasteiger partial charge in [0.1, 0.15) is 17.9 Å². The molecule has 1 amide bonds. The molecule has 3 N–H and O–H groups in total. The lowest BCUT2D eigenvalue weighted by Crippen LogP contribution is -2.44. The number of carbonyl (C=O) groups excluding carboxylic acids is 1. The minimum Gasteiger partial charge on any atom is -0.489 e. The van der Waals surface area contributed by atoms with E-state index in [2.05, 4.69) is 37.4 Å². The first-order valence-corrected chi connectivity index (χ1v) is 11.4. The number of benzene rings is 1. The molecule has 0 bridgehead atoms. The number of pyridine rings is 2. The number of likely N-dealkylation sites (N-methyl/N-ethyl adjacent to an activating group) is 1. The fraction of sp³-hybridized carbons (Fsp3) is 0.320. The first-order valence-electron chi connectivity index (χ1n) is 11.4. The monoisotopic (exact) mass is 478 g/mol. The second kappa shape index (κ2) is 11.5. The summed E-state index contributed by atoms with van der Waals surface area (Å²) in [5.74, 6) is 0.00984. The molecule has 1 saturated heterocycles. The summed E-state index contributed by atoms with van der Waals surface area (Å²) in [4.78, 5) is 37.0. The van der Waals surface area contributed by atoms with Crippen LogP contribution in [0.2, 0.25) is 0 Å². The van der Waals surface area contributed by atoms with Gasteiger partial charge in [-0.25, -0.2) is 0 Å². The van der Waals surface area contributed by atoms with Crippen LogP contribution in [0.25, 0.3) is 0 Å². The molecule has 0 atom stereocenters. The number of ether oxygens (including phenoxy) is 2. The largest absolute Gasteiger partial charge is 0.489 e. The van der Waals surface area contributed by atoms with Gasteiger partial charge in [0.05, 0.1) is 24.2 Å². The fourth-order valence-electron chi connectivity index (χ4n) is 3.80. The average molecular weight is 479 g/mol. The maximum Gasteiger partial charge on any atom is 0.263 e. The number of amides is 1. The van der Waals surface area contributed by atoms with E-state index in [9.17, 15) is 9.59 Å². The normalized spacial score (nSPS) is 13.9. The number of carbonyl (C=O) groups is 1. The van der Waals surface area contributed by atoms with Crippen LogP contribution >= 0.6 is 0 Å². The molecule has 1 aliphatic rings. The molecule has 3 heterocycles. The van der Waals surface area contributed by atoms with Crippen LogP contribution in [0.1, 0.15) is 10.4 Å². The molecule has 3 aromatic rings. The van der Waals surface area contributed by atoms with Crippen LogP contribution in [-0.4, -0.2) is 74.3 Å². The molecule has 10 nitrogen and oxygen atoms in total. The molecule has 35 heavy (non-hydrogen) atoms. The van der Waals surface area contributed by atoms with Crippen molar-refractivity contribution in [3.63, 3.8) is 0 Å². The van der Waals surface area contributed by atoms with Gasteiger partial charge in [-0.05, 0) is 37.4 Å². The third-order valence-corrected chi connectivity index (χ3v) is 5.78. The first kappa shape index (κ1) is 24.2. The number of hydrogen-bond donors (Lipinski definition) is 3. The lowest BCUT2D eigenvalue weighted by atomic mass is 10.2. The summed E-state index contributed by atoms with van der Waals surface area (Å²) in [7, 11) is 3.71. The molecule has 4 rings (SSSR count). The summed E-state index contributed by atoms with van der Waals surface area (Å²) in [5, 5.41) is 5.94. The molecule has 1 aliphatic heterocycles. The van der Waals surface area contributed by atoms with Crippen molar-refractivity contribution < 1.29 is 14.3 Å². The molecular weight excluding hydrogens is 448 g/mol. The molecule has 10 heteroatoms. The number of piperazine rings is 1. The smallest absolute Gasteiger partial charge is 0.263 e. The van der Waals surface area contributed by atoms with Gasteiger partial charge in [-0.1, -0.05) is 0 Å². The fourth-order valence-corrected chi connectivity index (χ4v) is 3.80. The summed E-state index contributed by atoms with van der Waals surface area (Å²) in [6, 6.07) is 11.0. The molecule has 184 valence electrons. The Kier molecular flexibility index (Phi) is 7.96. The zero-order valence-corrected chi connectivity index (χ0v) is 19.9. The van der Waals surface area contributed by atoms with Crippen molar-refractivity contribution in [2.24, 2.45) is 0 Å². The standard InChI is InChI=1S/C25H30N6O4/c1-30-11-13-31(14-12-30)19-5-3-18(4-6-19)28-25(33)23-20(7-10-27-24(23)32)29-21-17-26-9-8-22(21)35-16-15-34-2/h3-10,17H,11-16H2,1-2H3,(H,28,33)(H2,27,29,32). The number of aromatic amines is 1. The lowest BCUT2D eigenvalue weighted by Gasteiger charge is -2.34. The molecule has 0 saturated carbocycles. The van der Waals surface area contributed by atoms with E-state index in [1.165, 1.54) is 6.20 Å². The number of aromatic nitrogens is 2. The van der Waals surface area contributed by atoms with Gasteiger partial charge < -0.3 is 34.9 Å². The quantitative estimate of drug-likeness (QED) is 0.403. The highest BCUT2D eigenvalue weighted by atomic mass is 16.5. The second-order valence-electron chi connectivity index (χ2n) is 8.22. The Labute approximate surface area is 203 Å². The number of methoxy groups -OCH3 is 1. The van der Waals surface area contributed by atoms with E-state index in [0.717, 1.165) is 31.9 Å². The zero-order chi connectivity index (χ0) is 24.6. The van der Waals surface area contributed by atoms with Gasteiger partial charge in [0.2, 0.25) is 0 Å². The van der Waals surface area contributed by atoms with Gasteiger partial charge in [-0.3, -0.25) is 14.6 Å². The third kappa shape index (κ3) is 6.17. The average Bonchev–Trinajstić information content (AvgIpc) is 2.86. The second-order valence-corrected chi connectivity index (χ2v) is 8.22. The Hall–Kier alpha value is -3.89. The number of nitrogens with zero attached hydrogens (tertiary/aromatic N) is 3. The van der Waals surface area contributed by atoms with Crippen LogP contribution in [0.15, 0.2) is 59.8 Å². The summed E-state index contributed by atoms with van der Waals surface area (Å²) in [6.45, 7) is 4.72. The van der Waals surface area contributed by atoms with E-state index in [1.807, 2.05) is 24.3 Å². The van der Waals surface area contributed by atoms with E-state index >= 15 is 0 Å². The molecular formula is C25H30N6O4. The minimum atomic E-state index is -0.521. The Balaban J connectivity index is 1.49. The van der Waals surface area contributed by atoms with Crippen molar-refractivity contribution >= 4 is 28.7 Å². The third-order valence-electron chi connectivity index (χ3n) is 5.78. The van der Waals surface area contributed by atoms with E-state index in [-0.39, 0.29) is 5.56 Å². The molecule has 0 radical (unpaired) electrons. The van der Waals surface area contributed by atoms with Crippen molar-refractivity contribution in [1.29, 1.82) is 0 Å². The predicted molar refractivity (Wildman–Crippen MR) is 136 cm³/mol. The van der Waals surface area contributed by atoms with E-state index in [0.29, 0.717) is 36.0 Å². The van der Waals surface area contributed by atoms with Crippen LogP contribution in [-0.2, 0) is 4.74 Å². The predicted octanol–water partition coefficient (Wildman–Crippen LogP) is 2.54. The maximum absolute atomic E-state index is 13.1. The van der Waals surface area contributed by atoms with Gasteiger partial charge in [0.15, 0.2) is 0 Å². The maximum atomic E-state index is 13.1. The molecule has 0 spiro atoms. The highest BCUT2D eigenvalue weighted by Crippen LogP contribution is 2.28. The number of anilines is 4. The molecule has 0 aliphatic carbocycles. The first-order chi connectivity index (χ1) is 17.0. The van der Waals surface area contributed by atoms with Gasteiger partial charge >= 0.3 is 0 Å². The number of rotatable bonds is 9. The van der Waals surface area contributed by atoms with Crippen LogP contribution in [0, 0.1) is 0 Å². The van der Waals surface area contributed by atoms with E-state index in [4.69, 9.17) is 9.47 Å².